The van der Waals surface area contributed by atoms with Gasteiger partial charge in [0, 0.05) is 12.3 Å². The van der Waals surface area contributed by atoms with Crippen LogP contribution in [-0.2, 0) is 17.8 Å². The number of carbonyl (C=O) groups is 1. The zero-order valence-corrected chi connectivity index (χ0v) is 8.83. The Morgan fingerprint density at radius 1 is 1.64 bits per heavy atom. The summed E-state index contributed by atoms with van der Waals surface area (Å²) in [7, 11) is 0. The SMILES string of the molecule is CCc1cnc(CNC(=O)C(C)C)o1. The Balaban J connectivity index is 2.41. The van der Waals surface area contributed by atoms with E-state index in [-0.39, 0.29) is 11.8 Å². The molecule has 1 aromatic rings. The fourth-order valence-corrected chi connectivity index (χ4v) is 0.960. The molecule has 78 valence electrons. The molecule has 0 unspecified atom stereocenters. The summed E-state index contributed by atoms with van der Waals surface area (Å²) in [6.07, 6.45) is 2.52. The molecule has 0 aliphatic heterocycles. The van der Waals surface area contributed by atoms with Gasteiger partial charge in [-0.3, -0.25) is 4.79 Å². The maximum absolute atomic E-state index is 11.2. The average molecular weight is 196 g/mol. The van der Waals surface area contributed by atoms with Gasteiger partial charge in [-0.15, -0.1) is 0 Å². The molecule has 0 bridgehead atoms. The smallest absolute Gasteiger partial charge is 0.222 e. The first-order valence-electron chi connectivity index (χ1n) is 4.84. The molecule has 14 heavy (non-hydrogen) atoms. The Morgan fingerprint density at radius 2 is 2.36 bits per heavy atom. The predicted molar refractivity (Wildman–Crippen MR) is 52.6 cm³/mol. The standard InChI is InChI=1S/C10H16N2O2/c1-4-8-5-11-9(14-8)6-12-10(13)7(2)3/h5,7H,4,6H2,1-3H3,(H,12,13). The third-order valence-corrected chi connectivity index (χ3v) is 1.89. The molecular formula is C10H16N2O2. The van der Waals surface area contributed by atoms with Crippen molar-refractivity contribution in [1.29, 1.82) is 0 Å². The van der Waals surface area contributed by atoms with Gasteiger partial charge in [0.05, 0.1) is 12.7 Å². The summed E-state index contributed by atoms with van der Waals surface area (Å²) in [5.41, 5.74) is 0. The number of oxazole rings is 1. The molecule has 1 N–H and O–H groups in total. The van der Waals surface area contributed by atoms with E-state index in [9.17, 15) is 4.79 Å². The van der Waals surface area contributed by atoms with Crippen molar-refractivity contribution in [3.63, 3.8) is 0 Å². The first-order chi connectivity index (χ1) is 6.63. The molecular weight excluding hydrogens is 180 g/mol. The first kappa shape index (κ1) is 10.8. The van der Waals surface area contributed by atoms with Gasteiger partial charge in [0.1, 0.15) is 5.76 Å². The zero-order valence-electron chi connectivity index (χ0n) is 8.83. The molecule has 0 atom stereocenters. The highest BCUT2D eigenvalue weighted by Crippen LogP contribution is 2.03. The number of carbonyl (C=O) groups excluding carboxylic acids is 1. The lowest BCUT2D eigenvalue weighted by atomic mass is 10.2. The molecule has 0 saturated heterocycles. The van der Waals surface area contributed by atoms with Gasteiger partial charge < -0.3 is 9.73 Å². The number of nitrogens with one attached hydrogen (secondary N) is 1. The molecule has 0 saturated carbocycles. The van der Waals surface area contributed by atoms with Crippen LogP contribution in [-0.4, -0.2) is 10.9 Å². The minimum absolute atomic E-state index is 0.00407. The van der Waals surface area contributed by atoms with Gasteiger partial charge >= 0.3 is 0 Å². The van der Waals surface area contributed by atoms with Gasteiger partial charge in [-0.05, 0) is 0 Å². The monoisotopic (exact) mass is 196 g/mol. The second-order valence-corrected chi connectivity index (χ2v) is 3.45. The van der Waals surface area contributed by atoms with Crippen LogP contribution in [0.3, 0.4) is 0 Å². The van der Waals surface area contributed by atoms with Crippen molar-refractivity contribution < 1.29 is 9.21 Å². The summed E-state index contributed by atoms with van der Waals surface area (Å²) >= 11 is 0. The van der Waals surface area contributed by atoms with Gasteiger partial charge in [-0.25, -0.2) is 4.98 Å². The van der Waals surface area contributed by atoms with Crippen molar-refractivity contribution in [3.05, 3.63) is 17.8 Å². The fourth-order valence-electron chi connectivity index (χ4n) is 0.960. The zero-order chi connectivity index (χ0) is 10.6. The number of hydrogen-bond donors (Lipinski definition) is 1. The second-order valence-electron chi connectivity index (χ2n) is 3.45. The summed E-state index contributed by atoms with van der Waals surface area (Å²) < 4.78 is 5.34. The van der Waals surface area contributed by atoms with E-state index in [4.69, 9.17) is 4.42 Å². The number of rotatable bonds is 4. The van der Waals surface area contributed by atoms with E-state index in [2.05, 4.69) is 10.3 Å². The number of aromatic nitrogens is 1. The van der Waals surface area contributed by atoms with Crippen molar-refractivity contribution in [2.24, 2.45) is 5.92 Å². The lowest BCUT2D eigenvalue weighted by Crippen LogP contribution is -2.27. The molecule has 0 aliphatic carbocycles. The maximum Gasteiger partial charge on any atom is 0.222 e. The molecule has 4 nitrogen and oxygen atoms in total. The van der Waals surface area contributed by atoms with Crippen LogP contribution >= 0.6 is 0 Å². The van der Waals surface area contributed by atoms with E-state index in [0.717, 1.165) is 12.2 Å². The molecule has 0 fully saturated rings. The number of amides is 1. The summed E-state index contributed by atoms with van der Waals surface area (Å²) in [6.45, 7) is 6.07. The van der Waals surface area contributed by atoms with Crippen molar-refractivity contribution in [3.8, 4) is 0 Å². The quantitative estimate of drug-likeness (QED) is 0.794. The highest BCUT2D eigenvalue weighted by molar-refractivity contribution is 5.77. The van der Waals surface area contributed by atoms with E-state index in [1.165, 1.54) is 0 Å². The Morgan fingerprint density at radius 3 is 2.86 bits per heavy atom. The van der Waals surface area contributed by atoms with Crippen LogP contribution in [0.25, 0.3) is 0 Å². The summed E-state index contributed by atoms with van der Waals surface area (Å²) in [6, 6.07) is 0. The van der Waals surface area contributed by atoms with Gasteiger partial charge in [-0.1, -0.05) is 20.8 Å². The molecule has 0 radical (unpaired) electrons. The van der Waals surface area contributed by atoms with Crippen LogP contribution < -0.4 is 5.32 Å². The minimum atomic E-state index is -0.00407. The minimum Gasteiger partial charge on any atom is -0.444 e. The Labute approximate surface area is 83.7 Å². The van der Waals surface area contributed by atoms with Gasteiger partial charge in [-0.2, -0.15) is 0 Å². The Bertz CT molecular complexity index is 305. The Hall–Kier alpha value is -1.32. The fraction of sp³-hybridized carbons (Fsp3) is 0.600. The molecule has 0 spiro atoms. The molecule has 1 aromatic heterocycles. The maximum atomic E-state index is 11.2. The van der Waals surface area contributed by atoms with Gasteiger partial charge in [0.25, 0.3) is 0 Å². The molecule has 4 heteroatoms. The molecule has 0 aliphatic rings. The van der Waals surface area contributed by atoms with Crippen molar-refractivity contribution in [2.75, 3.05) is 0 Å². The van der Waals surface area contributed by atoms with E-state index >= 15 is 0 Å². The third kappa shape index (κ3) is 2.87. The van der Waals surface area contributed by atoms with Crippen LogP contribution in [0, 0.1) is 5.92 Å². The van der Waals surface area contributed by atoms with E-state index in [0.29, 0.717) is 12.4 Å². The molecule has 1 heterocycles. The number of nitrogens with zero attached hydrogens (tertiary/aromatic N) is 1. The summed E-state index contributed by atoms with van der Waals surface area (Å²) in [5.74, 6) is 1.42. The molecule has 1 amide bonds. The van der Waals surface area contributed by atoms with Crippen LogP contribution in [0.15, 0.2) is 10.6 Å². The molecule has 0 aromatic carbocycles. The summed E-state index contributed by atoms with van der Waals surface area (Å²) in [5, 5.41) is 2.74. The van der Waals surface area contributed by atoms with E-state index < -0.39 is 0 Å². The highest BCUT2D eigenvalue weighted by Gasteiger charge is 2.08. The average Bonchev–Trinajstić information content (AvgIpc) is 2.61. The van der Waals surface area contributed by atoms with Crippen molar-refractivity contribution in [2.45, 2.75) is 33.7 Å². The normalized spacial score (nSPS) is 10.6. The molecule has 1 rings (SSSR count). The topological polar surface area (TPSA) is 55.1 Å². The van der Waals surface area contributed by atoms with Crippen molar-refractivity contribution >= 4 is 5.91 Å². The van der Waals surface area contributed by atoms with Crippen LogP contribution in [0.5, 0.6) is 0 Å². The number of aryl methyl sites for hydroxylation is 1. The predicted octanol–water partition coefficient (Wildman–Crippen LogP) is 1.51. The second kappa shape index (κ2) is 4.79. The van der Waals surface area contributed by atoms with Gasteiger partial charge in [0.15, 0.2) is 0 Å². The van der Waals surface area contributed by atoms with Crippen LogP contribution in [0.4, 0.5) is 0 Å². The third-order valence-electron chi connectivity index (χ3n) is 1.89. The lowest BCUT2D eigenvalue weighted by Gasteiger charge is -2.04. The lowest BCUT2D eigenvalue weighted by molar-refractivity contribution is -0.124. The summed E-state index contributed by atoms with van der Waals surface area (Å²) in [4.78, 5) is 15.2. The van der Waals surface area contributed by atoms with Crippen LogP contribution in [0.2, 0.25) is 0 Å². The van der Waals surface area contributed by atoms with Crippen molar-refractivity contribution in [1.82, 2.24) is 10.3 Å². The van der Waals surface area contributed by atoms with Gasteiger partial charge in [0.2, 0.25) is 11.8 Å². The highest BCUT2D eigenvalue weighted by atomic mass is 16.4. The van der Waals surface area contributed by atoms with E-state index in [1.54, 1.807) is 6.20 Å². The largest absolute Gasteiger partial charge is 0.444 e. The van der Waals surface area contributed by atoms with E-state index in [1.807, 2.05) is 20.8 Å². The first-order valence-corrected chi connectivity index (χ1v) is 4.84. The van der Waals surface area contributed by atoms with Crippen LogP contribution in [0.1, 0.15) is 32.4 Å². The number of hydrogen-bond acceptors (Lipinski definition) is 3. The Kier molecular flexibility index (Phi) is 3.68.